The molecule has 0 aromatic carbocycles. The van der Waals surface area contributed by atoms with Crippen LogP contribution in [0.5, 0.6) is 0 Å². The molecule has 0 saturated heterocycles. The van der Waals surface area contributed by atoms with E-state index in [0.717, 1.165) is 0 Å². The fourth-order valence-electron chi connectivity index (χ4n) is 1.49. The van der Waals surface area contributed by atoms with Gasteiger partial charge in [0.25, 0.3) is 0 Å². The third-order valence-corrected chi connectivity index (χ3v) is 2.17. The quantitative estimate of drug-likeness (QED) is 0.735. The van der Waals surface area contributed by atoms with Crippen LogP contribution in [0.15, 0.2) is 0 Å². The Labute approximate surface area is 113 Å². The topological polar surface area (TPSA) is 81.7 Å². The van der Waals surface area contributed by atoms with Crippen LogP contribution in [-0.2, 0) is 23.9 Å². The molecule has 0 aliphatic rings. The summed E-state index contributed by atoms with van der Waals surface area (Å²) in [6.45, 7) is 6.67. The number of amides is 1. The summed E-state index contributed by atoms with van der Waals surface area (Å²) in [5.41, 5.74) is -0.569. The molecule has 6 heteroatoms. The second kappa shape index (κ2) is 7.76. The first-order valence-electron chi connectivity index (χ1n) is 6.20. The van der Waals surface area contributed by atoms with Crippen molar-refractivity contribution in [2.24, 2.45) is 0 Å². The second-order valence-electron chi connectivity index (χ2n) is 5.30. The Kier molecular flexibility index (Phi) is 7.11. The molecule has 19 heavy (non-hydrogen) atoms. The van der Waals surface area contributed by atoms with Crippen molar-refractivity contribution in [2.75, 3.05) is 7.11 Å². The van der Waals surface area contributed by atoms with Crippen LogP contribution in [-0.4, -0.2) is 36.6 Å². The fourth-order valence-corrected chi connectivity index (χ4v) is 1.49. The lowest BCUT2D eigenvalue weighted by atomic mass is 10.1. The van der Waals surface area contributed by atoms with Gasteiger partial charge in [0.2, 0.25) is 5.91 Å². The number of hydrogen-bond acceptors (Lipinski definition) is 5. The Bertz CT molecular complexity index is 332. The number of methoxy groups -OCH3 is 1. The van der Waals surface area contributed by atoms with E-state index < -0.39 is 17.6 Å². The molecule has 0 aliphatic heterocycles. The first kappa shape index (κ1) is 17.4. The summed E-state index contributed by atoms with van der Waals surface area (Å²) in [6.07, 6.45) is 0.517. The summed E-state index contributed by atoms with van der Waals surface area (Å²) in [4.78, 5) is 33.8. The normalized spacial score (nSPS) is 12.5. The van der Waals surface area contributed by atoms with Crippen molar-refractivity contribution in [3.05, 3.63) is 0 Å². The van der Waals surface area contributed by atoms with Crippen molar-refractivity contribution in [3.8, 4) is 0 Å². The van der Waals surface area contributed by atoms with E-state index in [4.69, 9.17) is 4.74 Å². The summed E-state index contributed by atoms with van der Waals surface area (Å²) in [6, 6.07) is -0.425. The van der Waals surface area contributed by atoms with E-state index >= 15 is 0 Å². The van der Waals surface area contributed by atoms with Gasteiger partial charge in [0.1, 0.15) is 5.60 Å². The van der Waals surface area contributed by atoms with Crippen molar-refractivity contribution in [1.82, 2.24) is 5.32 Å². The first-order chi connectivity index (χ1) is 8.64. The van der Waals surface area contributed by atoms with Crippen LogP contribution >= 0.6 is 0 Å². The minimum absolute atomic E-state index is 0.0356. The highest BCUT2D eigenvalue weighted by atomic mass is 16.6. The maximum absolute atomic E-state index is 11.7. The third kappa shape index (κ3) is 10.1. The van der Waals surface area contributed by atoms with E-state index in [2.05, 4.69) is 10.1 Å². The van der Waals surface area contributed by atoms with Crippen LogP contribution in [0.3, 0.4) is 0 Å². The van der Waals surface area contributed by atoms with Gasteiger partial charge in [-0.3, -0.25) is 14.4 Å². The monoisotopic (exact) mass is 273 g/mol. The van der Waals surface area contributed by atoms with E-state index in [1.165, 1.54) is 14.0 Å². The maximum atomic E-state index is 11.7. The van der Waals surface area contributed by atoms with Gasteiger partial charge in [-0.15, -0.1) is 0 Å². The van der Waals surface area contributed by atoms with E-state index in [1.54, 1.807) is 20.8 Å². The van der Waals surface area contributed by atoms with Crippen molar-refractivity contribution in [3.63, 3.8) is 0 Å². The highest BCUT2D eigenvalue weighted by Crippen LogP contribution is 2.11. The van der Waals surface area contributed by atoms with Gasteiger partial charge in [-0.1, -0.05) is 0 Å². The van der Waals surface area contributed by atoms with Crippen LogP contribution in [0.4, 0.5) is 0 Å². The van der Waals surface area contributed by atoms with E-state index in [9.17, 15) is 14.4 Å². The average molecular weight is 273 g/mol. The molecule has 0 rings (SSSR count). The summed E-state index contributed by atoms with van der Waals surface area (Å²) < 4.78 is 9.70. The van der Waals surface area contributed by atoms with Gasteiger partial charge in [-0.2, -0.15) is 0 Å². The molecule has 0 aliphatic carbocycles. The molecule has 0 bridgehead atoms. The van der Waals surface area contributed by atoms with Gasteiger partial charge in [0, 0.05) is 19.4 Å². The third-order valence-electron chi connectivity index (χ3n) is 2.17. The molecule has 1 atom stereocenters. The van der Waals surface area contributed by atoms with Gasteiger partial charge in [-0.05, 0) is 27.2 Å². The maximum Gasteiger partial charge on any atom is 0.308 e. The van der Waals surface area contributed by atoms with Crippen molar-refractivity contribution in [2.45, 2.75) is 58.6 Å². The molecule has 6 nitrogen and oxygen atoms in total. The molecular weight excluding hydrogens is 250 g/mol. The molecular formula is C13H23NO5. The van der Waals surface area contributed by atoms with Gasteiger partial charge >= 0.3 is 11.9 Å². The smallest absolute Gasteiger partial charge is 0.308 e. The first-order valence-corrected chi connectivity index (χ1v) is 6.20. The molecule has 1 N–H and O–H groups in total. The number of rotatable bonds is 6. The van der Waals surface area contributed by atoms with Crippen molar-refractivity contribution in [1.29, 1.82) is 0 Å². The predicted octanol–water partition coefficient (Wildman–Crippen LogP) is 1.18. The van der Waals surface area contributed by atoms with Crippen LogP contribution in [0.2, 0.25) is 0 Å². The molecule has 0 spiro atoms. The molecule has 0 unspecified atom stereocenters. The second-order valence-corrected chi connectivity index (χ2v) is 5.30. The molecule has 0 radical (unpaired) electrons. The number of hydrogen-bond donors (Lipinski definition) is 1. The summed E-state index contributed by atoms with van der Waals surface area (Å²) in [7, 11) is 1.30. The fraction of sp³-hybridized carbons (Fsp3) is 0.769. The Morgan fingerprint density at radius 1 is 1.16 bits per heavy atom. The standard InChI is InChI=1S/C13H23NO5/c1-9(15)14-10(6-7-11(16)18-5)8-12(17)19-13(2,3)4/h10H,6-8H2,1-5H3,(H,14,15)/t10-/m0/s1. The summed E-state index contributed by atoms with van der Waals surface area (Å²) in [5.74, 6) is -1.03. The van der Waals surface area contributed by atoms with Crippen molar-refractivity contribution < 1.29 is 23.9 Å². The molecule has 1 amide bonds. The highest BCUT2D eigenvalue weighted by Gasteiger charge is 2.21. The van der Waals surface area contributed by atoms with Crippen molar-refractivity contribution >= 4 is 17.8 Å². The summed E-state index contributed by atoms with van der Waals surface area (Å²) in [5, 5.41) is 2.63. The Balaban J connectivity index is 4.38. The van der Waals surface area contributed by atoms with Crippen LogP contribution < -0.4 is 5.32 Å². The van der Waals surface area contributed by atoms with Crippen LogP contribution in [0.1, 0.15) is 47.0 Å². The largest absolute Gasteiger partial charge is 0.469 e. The van der Waals surface area contributed by atoms with E-state index in [0.29, 0.717) is 6.42 Å². The lowest BCUT2D eigenvalue weighted by Crippen LogP contribution is -2.37. The lowest BCUT2D eigenvalue weighted by molar-refractivity contribution is -0.155. The predicted molar refractivity (Wildman–Crippen MR) is 69.3 cm³/mol. The van der Waals surface area contributed by atoms with Gasteiger partial charge in [-0.25, -0.2) is 0 Å². The number of carbonyl (C=O) groups excluding carboxylic acids is 3. The van der Waals surface area contributed by atoms with Crippen LogP contribution in [0, 0.1) is 0 Å². The molecule has 110 valence electrons. The highest BCUT2D eigenvalue weighted by molar-refractivity contribution is 5.76. The molecule has 0 heterocycles. The Morgan fingerprint density at radius 2 is 1.74 bits per heavy atom. The lowest BCUT2D eigenvalue weighted by Gasteiger charge is -2.22. The average Bonchev–Trinajstić information content (AvgIpc) is 2.21. The Morgan fingerprint density at radius 3 is 2.16 bits per heavy atom. The zero-order valence-electron chi connectivity index (χ0n) is 12.2. The molecule has 0 aromatic rings. The SMILES string of the molecule is COC(=O)CC[C@@H](CC(=O)OC(C)(C)C)NC(C)=O. The van der Waals surface area contributed by atoms with E-state index in [-0.39, 0.29) is 24.7 Å². The number of carbonyl (C=O) groups is 3. The zero-order valence-corrected chi connectivity index (χ0v) is 12.2. The van der Waals surface area contributed by atoms with Gasteiger partial charge in [0.15, 0.2) is 0 Å². The van der Waals surface area contributed by atoms with Crippen LogP contribution in [0.25, 0.3) is 0 Å². The minimum Gasteiger partial charge on any atom is -0.469 e. The zero-order chi connectivity index (χ0) is 15.1. The summed E-state index contributed by atoms with van der Waals surface area (Å²) >= 11 is 0. The van der Waals surface area contributed by atoms with Gasteiger partial charge in [0.05, 0.1) is 13.5 Å². The number of nitrogens with one attached hydrogen (secondary N) is 1. The van der Waals surface area contributed by atoms with Gasteiger partial charge < -0.3 is 14.8 Å². The number of esters is 2. The molecule has 0 aromatic heterocycles. The number of ether oxygens (including phenoxy) is 2. The minimum atomic E-state index is -0.569. The molecule has 0 fully saturated rings. The Hall–Kier alpha value is -1.59. The molecule has 0 saturated carbocycles. The van der Waals surface area contributed by atoms with E-state index in [1.807, 2.05) is 0 Å².